The molecule has 6 nitrogen and oxygen atoms in total. The third kappa shape index (κ3) is 7.17. The van der Waals surface area contributed by atoms with Gasteiger partial charge >= 0.3 is 11.9 Å². The van der Waals surface area contributed by atoms with Gasteiger partial charge in [0.1, 0.15) is 12.2 Å². The van der Waals surface area contributed by atoms with E-state index in [9.17, 15) is 14.7 Å². The highest BCUT2D eigenvalue weighted by molar-refractivity contribution is 5.72. The molecular formula is C26H42O6. The van der Waals surface area contributed by atoms with Crippen LogP contribution in [0, 0.1) is 29.6 Å². The van der Waals surface area contributed by atoms with Gasteiger partial charge in [-0.3, -0.25) is 9.59 Å². The molecule has 0 unspecified atom stereocenters. The predicted molar refractivity (Wildman–Crippen MR) is 124 cm³/mol. The van der Waals surface area contributed by atoms with Crippen molar-refractivity contribution in [3.05, 3.63) is 23.8 Å². The summed E-state index contributed by atoms with van der Waals surface area (Å²) in [6.07, 6.45) is 9.70. The van der Waals surface area contributed by atoms with Crippen LogP contribution < -0.4 is 0 Å². The standard InChI is InChI=1S/C24H36O5.C2H6O/c1-5-15(3)24(27)29-21-11-14(2)10-17-7-6-16(4)20(23(17)21)9-8-19-12-18(25)13-22(26)28-19;1-2-3/h6-7,10,14-16,18-21,23,25H,5,8-9,11-13H2,1-4H3;3H,2H2,1H3/t14-,15-,16-,18+,19-,20-,21-,23-;/m0./s1. The van der Waals surface area contributed by atoms with E-state index >= 15 is 0 Å². The molecule has 0 aromatic carbocycles. The highest BCUT2D eigenvalue weighted by atomic mass is 16.5. The summed E-state index contributed by atoms with van der Waals surface area (Å²) >= 11 is 0. The van der Waals surface area contributed by atoms with E-state index in [4.69, 9.17) is 14.6 Å². The monoisotopic (exact) mass is 450 g/mol. The summed E-state index contributed by atoms with van der Waals surface area (Å²) in [6.45, 7) is 10.3. The number of ether oxygens (including phenoxy) is 2. The van der Waals surface area contributed by atoms with E-state index in [2.05, 4.69) is 32.1 Å². The first-order valence-electron chi connectivity index (χ1n) is 12.3. The van der Waals surface area contributed by atoms with E-state index in [0.29, 0.717) is 24.2 Å². The van der Waals surface area contributed by atoms with Gasteiger partial charge in [0, 0.05) is 18.9 Å². The lowest BCUT2D eigenvalue weighted by Crippen LogP contribution is -2.42. The van der Waals surface area contributed by atoms with Crippen molar-refractivity contribution in [2.75, 3.05) is 6.61 Å². The lowest BCUT2D eigenvalue weighted by molar-refractivity contribution is -0.162. The van der Waals surface area contributed by atoms with Crippen LogP contribution in [-0.2, 0) is 19.1 Å². The Morgan fingerprint density at radius 3 is 2.56 bits per heavy atom. The van der Waals surface area contributed by atoms with Gasteiger partial charge in [-0.05, 0) is 55.9 Å². The second-order valence-electron chi connectivity index (χ2n) is 9.67. The molecule has 0 radical (unpaired) electrons. The number of allylic oxidation sites excluding steroid dienone is 3. The second kappa shape index (κ2) is 12.5. The lowest BCUT2D eigenvalue weighted by atomic mass is 9.65. The minimum absolute atomic E-state index is 0.0854. The van der Waals surface area contributed by atoms with Crippen molar-refractivity contribution < 1.29 is 29.3 Å². The van der Waals surface area contributed by atoms with Gasteiger partial charge in [0.05, 0.1) is 18.4 Å². The molecule has 3 aliphatic rings. The summed E-state index contributed by atoms with van der Waals surface area (Å²) in [7, 11) is 0. The molecule has 6 heteroatoms. The molecule has 2 N–H and O–H groups in total. The zero-order valence-electron chi connectivity index (χ0n) is 20.3. The number of fused-ring (bicyclic) bond motifs is 1. The van der Waals surface area contributed by atoms with Crippen molar-refractivity contribution >= 4 is 11.9 Å². The molecule has 0 aromatic rings. The molecule has 1 heterocycles. The minimum atomic E-state index is -0.597. The highest BCUT2D eigenvalue weighted by Gasteiger charge is 2.42. The Bertz CT molecular complexity index is 684. The van der Waals surface area contributed by atoms with Crippen LogP contribution in [0.1, 0.15) is 73.1 Å². The SMILES string of the molecule is CCO.CC[C@H](C)C(=O)O[C@H]1C[C@@H](C)C=C2C=C[C@H](C)[C@H](CC[C@H]3C[C@@H](O)CC(=O)O3)[C@H]21. The van der Waals surface area contributed by atoms with Gasteiger partial charge < -0.3 is 19.7 Å². The van der Waals surface area contributed by atoms with Crippen molar-refractivity contribution in [2.45, 2.75) is 91.5 Å². The van der Waals surface area contributed by atoms with Crippen LogP contribution >= 0.6 is 0 Å². The molecule has 2 aliphatic carbocycles. The first-order chi connectivity index (χ1) is 15.2. The van der Waals surface area contributed by atoms with Crippen molar-refractivity contribution in [2.24, 2.45) is 29.6 Å². The van der Waals surface area contributed by atoms with E-state index in [1.807, 2.05) is 13.8 Å². The molecule has 0 aromatic heterocycles. The largest absolute Gasteiger partial charge is 0.462 e. The molecule has 0 bridgehead atoms. The number of aliphatic hydroxyl groups excluding tert-OH is 2. The van der Waals surface area contributed by atoms with Gasteiger partial charge in [-0.1, -0.05) is 45.9 Å². The normalized spacial score (nSPS) is 34.9. The topological polar surface area (TPSA) is 93.1 Å². The van der Waals surface area contributed by atoms with Crippen molar-refractivity contribution in [1.29, 1.82) is 0 Å². The smallest absolute Gasteiger partial charge is 0.308 e. The van der Waals surface area contributed by atoms with E-state index in [-0.39, 0.29) is 49.0 Å². The zero-order chi connectivity index (χ0) is 23.8. The Labute approximate surface area is 193 Å². The summed E-state index contributed by atoms with van der Waals surface area (Å²) in [5.74, 6) is 0.755. The summed E-state index contributed by atoms with van der Waals surface area (Å²) in [4.78, 5) is 24.2. The van der Waals surface area contributed by atoms with Gasteiger partial charge in [-0.15, -0.1) is 0 Å². The maximum absolute atomic E-state index is 12.5. The summed E-state index contributed by atoms with van der Waals surface area (Å²) in [6, 6.07) is 0. The average Bonchev–Trinajstić information content (AvgIpc) is 2.72. The Kier molecular flexibility index (Phi) is 10.4. The number of hydrogen-bond acceptors (Lipinski definition) is 6. The van der Waals surface area contributed by atoms with Crippen molar-refractivity contribution in [3.63, 3.8) is 0 Å². The van der Waals surface area contributed by atoms with E-state index in [0.717, 1.165) is 25.7 Å². The zero-order valence-corrected chi connectivity index (χ0v) is 20.3. The van der Waals surface area contributed by atoms with E-state index in [1.165, 1.54) is 5.57 Å². The Hall–Kier alpha value is -1.66. The Morgan fingerprint density at radius 1 is 1.25 bits per heavy atom. The summed E-state index contributed by atoms with van der Waals surface area (Å²) in [5, 5.41) is 17.5. The number of esters is 2. The predicted octanol–water partition coefficient (Wildman–Crippen LogP) is 4.19. The second-order valence-corrected chi connectivity index (χ2v) is 9.67. The Morgan fingerprint density at radius 2 is 1.94 bits per heavy atom. The fourth-order valence-electron chi connectivity index (χ4n) is 5.07. The molecule has 1 fully saturated rings. The molecule has 1 aliphatic heterocycles. The molecule has 32 heavy (non-hydrogen) atoms. The van der Waals surface area contributed by atoms with Crippen molar-refractivity contribution in [3.8, 4) is 0 Å². The van der Waals surface area contributed by atoms with Crippen LogP contribution in [0.5, 0.6) is 0 Å². The molecule has 3 rings (SSSR count). The quantitative estimate of drug-likeness (QED) is 0.589. The summed E-state index contributed by atoms with van der Waals surface area (Å²) < 4.78 is 11.5. The first kappa shape index (κ1) is 26.6. The number of aliphatic hydroxyl groups is 2. The van der Waals surface area contributed by atoms with Gasteiger partial charge in [-0.25, -0.2) is 0 Å². The third-order valence-corrected chi connectivity index (χ3v) is 6.93. The van der Waals surface area contributed by atoms with Crippen LogP contribution in [0.25, 0.3) is 0 Å². The molecule has 182 valence electrons. The fourth-order valence-corrected chi connectivity index (χ4v) is 5.07. The highest BCUT2D eigenvalue weighted by Crippen LogP contribution is 2.45. The number of carbonyl (C=O) groups excluding carboxylic acids is 2. The van der Waals surface area contributed by atoms with Crippen LogP contribution in [0.15, 0.2) is 23.8 Å². The molecule has 0 spiro atoms. The molecule has 0 amide bonds. The van der Waals surface area contributed by atoms with Gasteiger partial charge in [0.15, 0.2) is 0 Å². The minimum Gasteiger partial charge on any atom is -0.462 e. The van der Waals surface area contributed by atoms with Gasteiger partial charge in [0.2, 0.25) is 0 Å². The number of hydrogen-bond donors (Lipinski definition) is 2. The average molecular weight is 451 g/mol. The number of carbonyl (C=O) groups is 2. The maximum atomic E-state index is 12.5. The van der Waals surface area contributed by atoms with Crippen LogP contribution in [0.4, 0.5) is 0 Å². The van der Waals surface area contributed by atoms with E-state index in [1.54, 1.807) is 6.92 Å². The molecule has 1 saturated heterocycles. The van der Waals surface area contributed by atoms with Gasteiger partial charge in [0.25, 0.3) is 0 Å². The van der Waals surface area contributed by atoms with Crippen LogP contribution in [0.2, 0.25) is 0 Å². The molecule has 0 saturated carbocycles. The third-order valence-electron chi connectivity index (χ3n) is 6.93. The number of rotatable bonds is 6. The maximum Gasteiger partial charge on any atom is 0.308 e. The van der Waals surface area contributed by atoms with Crippen molar-refractivity contribution in [1.82, 2.24) is 0 Å². The van der Waals surface area contributed by atoms with Crippen LogP contribution in [-0.4, -0.2) is 47.1 Å². The van der Waals surface area contributed by atoms with E-state index < -0.39 is 6.10 Å². The first-order valence-corrected chi connectivity index (χ1v) is 12.3. The molecule has 8 atom stereocenters. The lowest BCUT2D eigenvalue weighted by Gasteiger charge is -2.43. The van der Waals surface area contributed by atoms with Crippen LogP contribution in [0.3, 0.4) is 0 Å². The Balaban J connectivity index is 0.00000114. The van der Waals surface area contributed by atoms with Gasteiger partial charge in [-0.2, -0.15) is 0 Å². The number of cyclic esters (lactones) is 1. The summed E-state index contributed by atoms with van der Waals surface area (Å²) in [5.41, 5.74) is 1.27. The fraction of sp³-hybridized carbons (Fsp3) is 0.769. The molecular weight excluding hydrogens is 408 g/mol.